The molecule has 0 aromatic heterocycles. The standard InChI is InChI=1S/C13H28N2O2/c1-5-11(6-2)10-15(7-3)13(16)8-12(9-14)17-4/h11-12H,5-10,14H2,1-4H3. The van der Waals surface area contributed by atoms with E-state index in [0.29, 0.717) is 18.9 Å². The van der Waals surface area contributed by atoms with Crippen molar-refractivity contribution in [1.82, 2.24) is 4.90 Å². The first-order valence-corrected chi connectivity index (χ1v) is 6.63. The molecule has 0 aromatic rings. The van der Waals surface area contributed by atoms with Gasteiger partial charge in [-0.25, -0.2) is 0 Å². The number of nitrogens with zero attached hydrogens (tertiary/aromatic N) is 1. The molecule has 0 spiro atoms. The number of carbonyl (C=O) groups is 1. The molecule has 17 heavy (non-hydrogen) atoms. The van der Waals surface area contributed by atoms with Gasteiger partial charge in [-0.1, -0.05) is 26.7 Å². The molecule has 0 aliphatic carbocycles. The Morgan fingerprint density at radius 2 is 1.88 bits per heavy atom. The zero-order valence-corrected chi connectivity index (χ0v) is 11.7. The molecule has 0 bridgehead atoms. The first kappa shape index (κ1) is 16.4. The predicted octanol–water partition coefficient (Wildman–Crippen LogP) is 1.63. The van der Waals surface area contributed by atoms with Crippen molar-refractivity contribution in [2.45, 2.75) is 46.1 Å². The highest BCUT2D eigenvalue weighted by Crippen LogP contribution is 2.11. The van der Waals surface area contributed by atoms with Crippen molar-refractivity contribution >= 4 is 5.91 Å². The van der Waals surface area contributed by atoms with Crippen LogP contribution < -0.4 is 5.73 Å². The summed E-state index contributed by atoms with van der Waals surface area (Å²) in [6.45, 7) is 8.36. The van der Waals surface area contributed by atoms with Crippen molar-refractivity contribution in [1.29, 1.82) is 0 Å². The zero-order chi connectivity index (χ0) is 13.3. The van der Waals surface area contributed by atoms with Crippen LogP contribution in [0.15, 0.2) is 0 Å². The predicted molar refractivity (Wildman–Crippen MR) is 70.8 cm³/mol. The minimum absolute atomic E-state index is 0.150. The second-order valence-electron chi connectivity index (χ2n) is 4.41. The van der Waals surface area contributed by atoms with Gasteiger partial charge in [-0.15, -0.1) is 0 Å². The maximum atomic E-state index is 12.1. The molecule has 0 saturated heterocycles. The molecular weight excluding hydrogens is 216 g/mol. The van der Waals surface area contributed by atoms with Crippen molar-refractivity contribution < 1.29 is 9.53 Å². The number of ether oxygens (including phenoxy) is 1. The number of hydrogen-bond donors (Lipinski definition) is 1. The summed E-state index contributed by atoms with van der Waals surface area (Å²) in [4.78, 5) is 14.0. The average molecular weight is 244 g/mol. The highest BCUT2D eigenvalue weighted by atomic mass is 16.5. The Kier molecular flexibility index (Phi) is 9.09. The van der Waals surface area contributed by atoms with Crippen molar-refractivity contribution in [2.75, 3.05) is 26.7 Å². The van der Waals surface area contributed by atoms with Crippen LogP contribution in [-0.4, -0.2) is 43.7 Å². The molecule has 0 aromatic carbocycles. The summed E-state index contributed by atoms with van der Waals surface area (Å²) in [5.74, 6) is 0.745. The Morgan fingerprint density at radius 1 is 1.29 bits per heavy atom. The van der Waals surface area contributed by atoms with Gasteiger partial charge < -0.3 is 15.4 Å². The minimum Gasteiger partial charge on any atom is -0.380 e. The SMILES string of the molecule is CCC(CC)CN(CC)C(=O)CC(CN)OC. The van der Waals surface area contributed by atoms with Gasteiger partial charge in [0.2, 0.25) is 5.91 Å². The maximum absolute atomic E-state index is 12.1. The number of hydrogen-bond acceptors (Lipinski definition) is 3. The van der Waals surface area contributed by atoms with Gasteiger partial charge in [0.15, 0.2) is 0 Å². The van der Waals surface area contributed by atoms with Crippen LogP contribution in [0.4, 0.5) is 0 Å². The Labute approximate surface area is 105 Å². The van der Waals surface area contributed by atoms with E-state index in [1.54, 1.807) is 7.11 Å². The lowest BCUT2D eigenvalue weighted by atomic mass is 10.0. The normalized spacial score (nSPS) is 12.8. The highest BCUT2D eigenvalue weighted by molar-refractivity contribution is 5.76. The Morgan fingerprint density at radius 3 is 2.24 bits per heavy atom. The smallest absolute Gasteiger partial charge is 0.225 e. The van der Waals surface area contributed by atoms with E-state index >= 15 is 0 Å². The summed E-state index contributed by atoms with van der Waals surface area (Å²) in [6.07, 6.45) is 2.47. The molecule has 0 saturated carbocycles. The van der Waals surface area contributed by atoms with Crippen LogP contribution >= 0.6 is 0 Å². The molecule has 2 N–H and O–H groups in total. The summed E-state index contributed by atoms with van der Waals surface area (Å²) < 4.78 is 5.15. The van der Waals surface area contributed by atoms with E-state index in [1.165, 1.54) is 0 Å². The summed E-state index contributed by atoms with van der Waals surface area (Å²) in [5.41, 5.74) is 5.53. The number of carbonyl (C=O) groups excluding carboxylic acids is 1. The molecule has 0 heterocycles. The van der Waals surface area contributed by atoms with Crippen LogP contribution in [0.3, 0.4) is 0 Å². The van der Waals surface area contributed by atoms with E-state index in [1.807, 2.05) is 11.8 Å². The fourth-order valence-electron chi connectivity index (χ4n) is 1.85. The van der Waals surface area contributed by atoms with Gasteiger partial charge in [0, 0.05) is 26.7 Å². The molecular formula is C13H28N2O2. The van der Waals surface area contributed by atoms with Crippen LogP contribution in [0.2, 0.25) is 0 Å². The topological polar surface area (TPSA) is 55.6 Å². The third-order valence-corrected chi connectivity index (χ3v) is 3.37. The third kappa shape index (κ3) is 6.03. The monoisotopic (exact) mass is 244 g/mol. The van der Waals surface area contributed by atoms with E-state index in [0.717, 1.165) is 25.9 Å². The molecule has 1 amide bonds. The van der Waals surface area contributed by atoms with E-state index in [9.17, 15) is 4.79 Å². The highest BCUT2D eigenvalue weighted by Gasteiger charge is 2.19. The summed E-state index contributed by atoms with van der Waals surface area (Å²) in [7, 11) is 1.60. The Balaban J connectivity index is 4.29. The number of rotatable bonds is 9. The van der Waals surface area contributed by atoms with Crippen molar-refractivity contribution in [3.63, 3.8) is 0 Å². The van der Waals surface area contributed by atoms with Crippen LogP contribution in [0.1, 0.15) is 40.0 Å². The van der Waals surface area contributed by atoms with Crippen LogP contribution in [0.25, 0.3) is 0 Å². The van der Waals surface area contributed by atoms with Gasteiger partial charge in [0.25, 0.3) is 0 Å². The Bertz CT molecular complexity index is 202. The minimum atomic E-state index is -0.154. The van der Waals surface area contributed by atoms with E-state index < -0.39 is 0 Å². The summed E-state index contributed by atoms with van der Waals surface area (Å²) in [5, 5.41) is 0. The molecule has 0 aliphatic rings. The first-order valence-electron chi connectivity index (χ1n) is 6.63. The molecule has 0 fully saturated rings. The van der Waals surface area contributed by atoms with Gasteiger partial charge in [0.1, 0.15) is 0 Å². The van der Waals surface area contributed by atoms with Crippen LogP contribution in [-0.2, 0) is 9.53 Å². The third-order valence-electron chi connectivity index (χ3n) is 3.37. The summed E-state index contributed by atoms with van der Waals surface area (Å²) >= 11 is 0. The van der Waals surface area contributed by atoms with E-state index in [4.69, 9.17) is 10.5 Å². The zero-order valence-electron chi connectivity index (χ0n) is 11.7. The quantitative estimate of drug-likeness (QED) is 0.671. The van der Waals surface area contributed by atoms with Gasteiger partial charge in [-0.3, -0.25) is 4.79 Å². The van der Waals surface area contributed by atoms with Gasteiger partial charge in [-0.2, -0.15) is 0 Å². The second-order valence-corrected chi connectivity index (χ2v) is 4.41. The number of methoxy groups -OCH3 is 1. The van der Waals surface area contributed by atoms with Gasteiger partial charge in [-0.05, 0) is 12.8 Å². The number of nitrogens with two attached hydrogens (primary N) is 1. The lowest BCUT2D eigenvalue weighted by Crippen LogP contribution is -2.38. The van der Waals surface area contributed by atoms with Gasteiger partial charge in [0.05, 0.1) is 12.5 Å². The summed E-state index contributed by atoms with van der Waals surface area (Å²) in [6, 6.07) is 0. The second kappa shape index (κ2) is 9.42. The molecule has 4 nitrogen and oxygen atoms in total. The fourth-order valence-corrected chi connectivity index (χ4v) is 1.85. The van der Waals surface area contributed by atoms with Crippen molar-refractivity contribution in [2.24, 2.45) is 11.7 Å². The fraction of sp³-hybridized carbons (Fsp3) is 0.923. The first-order chi connectivity index (χ1) is 8.12. The van der Waals surface area contributed by atoms with E-state index in [-0.39, 0.29) is 12.0 Å². The molecule has 0 aliphatic heterocycles. The Hall–Kier alpha value is -0.610. The largest absolute Gasteiger partial charge is 0.380 e. The molecule has 0 radical (unpaired) electrons. The molecule has 0 rings (SSSR count). The molecule has 4 heteroatoms. The van der Waals surface area contributed by atoms with Crippen molar-refractivity contribution in [3.8, 4) is 0 Å². The molecule has 1 atom stereocenters. The van der Waals surface area contributed by atoms with Gasteiger partial charge >= 0.3 is 0 Å². The molecule has 1 unspecified atom stereocenters. The number of amides is 1. The molecule has 102 valence electrons. The van der Waals surface area contributed by atoms with Crippen LogP contribution in [0, 0.1) is 5.92 Å². The van der Waals surface area contributed by atoms with Crippen LogP contribution in [0.5, 0.6) is 0 Å². The maximum Gasteiger partial charge on any atom is 0.225 e. The van der Waals surface area contributed by atoms with E-state index in [2.05, 4.69) is 13.8 Å². The average Bonchev–Trinajstić information content (AvgIpc) is 2.37. The lowest BCUT2D eigenvalue weighted by Gasteiger charge is -2.26. The lowest BCUT2D eigenvalue weighted by molar-refractivity contribution is -0.134. The van der Waals surface area contributed by atoms with Crippen molar-refractivity contribution in [3.05, 3.63) is 0 Å².